The van der Waals surface area contributed by atoms with Crippen LogP contribution in [-0.2, 0) is 21.9 Å². The minimum Gasteiger partial charge on any atom is -0.352 e. The molecule has 0 saturated heterocycles. The molecule has 2 aromatic rings. The molecule has 0 bridgehead atoms. The molecule has 2 aromatic carbocycles. The van der Waals surface area contributed by atoms with Crippen LogP contribution in [0.4, 0.5) is 0 Å². The van der Waals surface area contributed by atoms with Gasteiger partial charge < -0.3 is 10.2 Å². The van der Waals surface area contributed by atoms with Gasteiger partial charge in [0.05, 0.1) is 5.75 Å². The molecule has 0 aliphatic rings. The molecular weight excluding hydrogens is 496 g/mol. The quantitative estimate of drug-likeness (QED) is 0.388. The number of halogens is 2. The number of hydrogen-bond acceptors (Lipinski definition) is 3. The fourth-order valence-electron chi connectivity index (χ4n) is 3.07. The van der Waals surface area contributed by atoms with Gasteiger partial charge in [0.2, 0.25) is 11.8 Å². The highest BCUT2D eigenvalue weighted by Crippen LogP contribution is 2.19. The second kappa shape index (κ2) is 13.1. The maximum Gasteiger partial charge on any atom is 0.243 e. The Balaban J connectivity index is 2.12. The Morgan fingerprint density at radius 2 is 1.65 bits per heavy atom. The predicted molar refractivity (Wildman–Crippen MR) is 134 cm³/mol. The Kier molecular flexibility index (Phi) is 10.9. The van der Waals surface area contributed by atoms with Crippen LogP contribution < -0.4 is 5.32 Å². The Bertz CT molecular complexity index is 846. The molecule has 0 radical (unpaired) electrons. The van der Waals surface area contributed by atoms with Crippen molar-refractivity contribution in [2.24, 2.45) is 0 Å². The van der Waals surface area contributed by atoms with Gasteiger partial charge in [0.15, 0.2) is 0 Å². The number of thioether (sulfide) groups is 1. The highest BCUT2D eigenvalue weighted by molar-refractivity contribution is 9.10. The third kappa shape index (κ3) is 8.51. The lowest BCUT2D eigenvalue weighted by molar-refractivity contribution is -0.139. The molecule has 2 atom stereocenters. The smallest absolute Gasteiger partial charge is 0.243 e. The van der Waals surface area contributed by atoms with Crippen molar-refractivity contribution in [1.82, 2.24) is 10.2 Å². The Hall–Kier alpha value is -1.50. The maximum atomic E-state index is 13.2. The fourth-order valence-corrected chi connectivity index (χ4v) is 4.33. The second-order valence-electron chi connectivity index (χ2n) is 7.51. The summed E-state index contributed by atoms with van der Waals surface area (Å²) in [7, 11) is 0. The first-order valence-corrected chi connectivity index (χ1v) is 12.8. The molecule has 4 nitrogen and oxygen atoms in total. The monoisotopic (exact) mass is 524 g/mol. The van der Waals surface area contributed by atoms with E-state index in [-0.39, 0.29) is 17.9 Å². The zero-order valence-electron chi connectivity index (χ0n) is 18.2. The van der Waals surface area contributed by atoms with Gasteiger partial charge in [0.25, 0.3) is 0 Å². The third-order valence-electron chi connectivity index (χ3n) is 5.06. The Morgan fingerprint density at radius 3 is 2.23 bits per heavy atom. The molecule has 31 heavy (non-hydrogen) atoms. The first-order valence-electron chi connectivity index (χ1n) is 10.5. The summed E-state index contributed by atoms with van der Waals surface area (Å²) in [6.45, 7) is 6.32. The number of benzene rings is 2. The lowest BCUT2D eigenvalue weighted by atomic mass is 10.1. The van der Waals surface area contributed by atoms with Crippen LogP contribution in [0.15, 0.2) is 53.0 Å². The summed E-state index contributed by atoms with van der Waals surface area (Å²) < 4.78 is 1.03. The van der Waals surface area contributed by atoms with E-state index in [2.05, 4.69) is 21.2 Å². The molecule has 1 N–H and O–H groups in total. The summed E-state index contributed by atoms with van der Waals surface area (Å²) in [6, 6.07) is 15.1. The average Bonchev–Trinajstić information content (AvgIpc) is 2.76. The van der Waals surface area contributed by atoms with Crippen molar-refractivity contribution in [1.29, 1.82) is 0 Å². The number of nitrogens with one attached hydrogen (secondary N) is 1. The summed E-state index contributed by atoms with van der Waals surface area (Å²) in [6.07, 6.45) is 1.40. The minimum atomic E-state index is -0.509. The van der Waals surface area contributed by atoms with Crippen LogP contribution in [-0.4, -0.2) is 34.6 Å². The number of rotatable bonds is 11. The van der Waals surface area contributed by atoms with Gasteiger partial charge in [-0.2, -0.15) is 0 Å². The van der Waals surface area contributed by atoms with Gasteiger partial charge in [-0.25, -0.2) is 0 Å². The molecule has 0 heterocycles. The normalized spacial score (nSPS) is 12.8. The van der Waals surface area contributed by atoms with E-state index in [0.717, 1.165) is 27.8 Å². The summed E-state index contributed by atoms with van der Waals surface area (Å²) in [4.78, 5) is 27.8. The van der Waals surface area contributed by atoms with E-state index in [1.54, 1.807) is 16.7 Å². The first kappa shape index (κ1) is 25.8. The highest BCUT2D eigenvalue weighted by Gasteiger charge is 2.29. The number of carbonyl (C=O) groups excluding carboxylic acids is 2. The third-order valence-corrected chi connectivity index (χ3v) is 6.83. The van der Waals surface area contributed by atoms with Crippen molar-refractivity contribution >= 4 is 51.1 Å². The summed E-state index contributed by atoms with van der Waals surface area (Å²) in [5.41, 5.74) is 2.11. The van der Waals surface area contributed by atoms with E-state index < -0.39 is 6.04 Å². The van der Waals surface area contributed by atoms with Crippen molar-refractivity contribution in [2.75, 3.05) is 5.75 Å². The molecule has 0 saturated carbocycles. The summed E-state index contributed by atoms with van der Waals surface area (Å²) in [5, 5.41) is 3.68. The molecule has 0 fully saturated rings. The number of hydrogen-bond donors (Lipinski definition) is 1. The van der Waals surface area contributed by atoms with Gasteiger partial charge in [0.1, 0.15) is 6.04 Å². The Labute approximate surface area is 203 Å². The molecule has 0 unspecified atom stereocenters. The molecule has 168 valence electrons. The van der Waals surface area contributed by atoms with Crippen LogP contribution in [0.1, 0.15) is 44.7 Å². The molecule has 7 heteroatoms. The van der Waals surface area contributed by atoms with Crippen molar-refractivity contribution < 1.29 is 9.59 Å². The van der Waals surface area contributed by atoms with E-state index in [1.807, 2.05) is 69.3 Å². The van der Waals surface area contributed by atoms with E-state index in [0.29, 0.717) is 23.7 Å². The molecule has 2 amide bonds. The van der Waals surface area contributed by atoms with E-state index in [4.69, 9.17) is 11.6 Å². The van der Waals surface area contributed by atoms with Crippen molar-refractivity contribution in [3.63, 3.8) is 0 Å². The van der Waals surface area contributed by atoms with E-state index in [9.17, 15) is 9.59 Å². The van der Waals surface area contributed by atoms with Crippen molar-refractivity contribution in [3.05, 3.63) is 69.2 Å². The SMILES string of the molecule is CC[C@H](C(=O)N[C@@H](C)CC)N(Cc1ccc(Cl)cc1)C(=O)CSCc1ccc(Br)cc1. The number of carbonyl (C=O) groups is 2. The molecular formula is C24H30BrClN2O2S. The Morgan fingerprint density at radius 1 is 1.03 bits per heavy atom. The van der Waals surface area contributed by atoms with Crippen LogP contribution in [0.5, 0.6) is 0 Å². The topological polar surface area (TPSA) is 49.4 Å². The highest BCUT2D eigenvalue weighted by atomic mass is 79.9. The number of amides is 2. The van der Waals surface area contributed by atoms with Gasteiger partial charge in [0, 0.05) is 27.8 Å². The van der Waals surface area contributed by atoms with Crippen LogP contribution in [0.25, 0.3) is 0 Å². The average molecular weight is 526 g/mol. The zero-order chi connectivity index (χ0) is 22.8. The van der Waals surface area contributed by atoms with Crippen LogP contribution in [0.3, 0.4) is 0 Å². The second-order valence-corrected chi connectivity index (χ2v) is 9.85. The summed E-state index contributed by atoms with van der Waals surface area (Å²) >= 11 is 11.0. The lowest BCUT2D eigenvalue weighted by Crippen LogP contribution is -2.51. The fraction of sp³-hybridized carbons (Fsp3) is 0.417. The molecule has 0 spiro atoms. The standard InChI is InChI=1S/C24H30BrClN2O2S/c1-4-17(3)27-24(30)22(5-2)28(14-18-8-12-21(26)13-9-18)23(29)16-31-15-19-6-10-20(25)11-7-19/h6-13,17,22H,4-5,14-16H2,1-3H3,(H,27,30)/t17-,22+/m0/s1. The zero-order valence-corrected chi connectivity index (χ0v) is 21.4. The largest absolute Gasteiger partial charge is 0.352 e. The first-order chi connectivity index (χ1) is 14.8. The van der Waals surface area contributed by atoms with E-state index in [1.165, 1.54) is 0 Å². The van der Waals surface area contributed by atoms with Gasteiger partial charge in [-0.05, 0) is 55.2 Å². The maximum absolute atomic E-state index is 13.2. The van der Waals surface area contributed by atoms with Gasteiger partial charge >= 0.3 is 0 Å². The molecule has 0 aliphatic heterocycles. The van der Waals surface area contributed by atoms with Crippen LogP contribution in [0, 0.1) is 0 Å². The van der Waals surface area contributed by atoms with Crippen LogP contribution >= 0.6 is 39.3 Å². The predicted octanol–water partition coefficient (Wildman–Crippen LogP) is 6.06. The summed E-state index contributed by atoms with van der Waals surface area (Å²) in [5.74, 6) is 0.917. The molecule has 0 aliphatic carbocycles. The molecule has 0 aromatic heterocycles. The van der Waals surface area contributed by atoms with Gasteiger partial charge in [-0.15, -0.1) is 11.8 Å². The van der Waals surface area contributed by atoms with Crippen molar-refractivity contribution in [3.8, 4) is 0 Å². The number of nitrogens with zero attached hydrogens (tertiary/aromatic N) is 1. The van der Waals surface area contributed by atoms with Crippen LogP contribution in [0.2, 0.25) is 5.02 Å². The lowest BCUT2D eigenvalue weighted by Gasteiger charge is -2.31. The van der Waals surface area contributed by atoms with Gasteiger partial charge in [-0.1, -0.05) is 65.6 Å². The van der Waals surface area contributed by atoms with Crippen molar-refractivity contribution in [2.45, 2.75) is 58.0 Å². The van der Waals surface area contributed by atoms with E-state index >= 15 is 0 Å². The minimum absolute atomic E-state index is 0.0387. The molecule has 2 rings (SSSR count). The van der Waals surface area contributed by atoms with Gasteiger partial charge in [-0.3, -0.25) is 9.59 Å².